The number of esters is 4. The predicted octanol–water partition coefficient (Wildman–Crippen LogP) is 5.27. The number of carbonyl (C=O) groups is 5. The van der Waals surface area contributed by atoms with Crippen LogP contribution in [0.3, 0.4) is 0 Å². The standard InChI is InChI=1S/C32H31ClO10S/c1-17(35)39-16-27-30(40-18(2)36)32(42-20(4)38)31(41-19(3)37)29(43-27)23-8-10-26(33)24(13-23)14-25-9-11-28(44-25)22-7-5-6-21(12-22)15-34/h5-13,15,27,29-32H,14,16H2,1-4H3/t27-,29+,30-,31+,32+/m1/s1. The molecule has 12 heteroatoms. The van der Waals surface area contributed by atoms with E-state index in [4.69, 9.17) is 35.3 Å². The second-order valence-corrected chi connectivity index (χ2v) is 11.7. The van der Waals surface area contributed by atoms with E-state index in [1.54, 1.807) is 35.6 Å². The summed E-state index contributed by atoms with van der Waals surface area (Å²) < 4.78 is 28.1. The predicted molar refractivity (Wildman–Crippen MR) is 160 cm³/mol. The number of aldehydes is 1. The largest absolute Gasteiger partial charge is 0.463 e. The van der Waals surface area contributed by atoms with Crippen LogP contribution in [0, 0.1) is 0 Å². The summed E-state index contributed by atoms with van der Waals surface area (Å²) in [5, 5.41) is 0.484. The Balaban J connectivity index is 1.70. The molecule has 0 unspecified atom stereocenters. The first-order valence-corrected chi connectivity index (χ1v) is 14.9. The summed E-state index contributed by atoms with van der Waals surface area (Å²) >= 11 is 8.17. The molecule has 0 N–H and O–H groups in total. The van der Waals surface area contributed by atoms with Crippen molar-refractivity contribution < 1.29 is 47.7 Å². The van der Waals surface area contributed by atoms with Gasteiger partial charge in [0.1, 0.15) is 25.1 Å². The fourth-order valence-electron chi connectivity index (χ4n) is 4.98. The molecule has 10 nitrogen and oxygen atoms in total. The van der Waals surface area contributed by atoms with Crippen molar-refractivity contribution in [3.05, 3.63) is 81.2 Å². The summed E-state index contributed by atoms with van der Waals surface area (Å²) in [4.78, 5) is 61.3. The highest BCUT2D eigenvalue weighted by atomic mass is 35.5. The molecule has 4 rings (SSSR count). The normalized spacial score (nSPS) is 21.2. The Labute approximate surface area is 263 Å². The molecule has 1 fully saturated rings. The number of carbonyl (C=O) groups excluding carboxylic acids is 5. The van der Waals surface area contributed by atoms with Crippen LogP contribution in [0.5, 0.6) is 0 Å². The topological polar surface area (TPSA) is 132 Å². The first-order valence-electron chi connectivity index (χ1n) is 13.7. The van der Waals surface area contributed by atoms with Gasteiger partial charge in [0, 0.05) is 54.5 Å². The van der Waals surface area contributed by atoms with Crippen LogP contribution < -0.4 is 0 Å². The van der Waals surface area contributed by atoms with E-state index in [2.05, 4.69) is 0 Å². The summed E-state index contributed by atoms with van der Waals surface area (Å²) in [5.41, 5.74) is 2.78. The monoisotopic (exact) mass is 642 g/mol. The van der Waals surface area contributed by atoms with Gasteiger partial charge in [-0.1, -0.05) is 41.9 Å². The summed E-state index contributed by atoms with van der Waals surface area (Å²) in [6, 6.07) is 16.4. The second-order valence-electron chi connectivity index (χ2n) is 10.2. The zero-order chi connectivity index (χ0) is 32.0. The van der Waals surface area contributed by atoms with Crippen LogP contribution in [-0.2, 0) is 49.3 Å². The Kier molecular flexibility index (Phi) is 10.9. The zero-order valence-electron chi connectivity index (χ0n) is 24.4. The summed E-state index contributed by atoms with van der Waals surface area (Å²) in [5.74, 6) is -2.69. The maximum absolute atomic E-state index is 12.2. The van der Waals surface area contributed by atoms with E-state index >= 15 is 0 Å². The van der Waals surface area contributed by atoms with E-state index in [0.29, 0.717) is 22.6 Å². The third-order valence-corrected chi connectivity index (χ3v) is 8.23. The molecular weight excluding hydrogens is 612 g/mol. The lowest BCUT2D eigenvalue weighted by atomic mass is 9.89. The molecule has 5 atom stereocenters. The van der Waals surface area contributed by atoms with Gasteiger partial charge < -0.3 is 23.7 Å². The zero-order valence-corrected chi connectivity index (χ0v) is 26.0. The van der Waals surface area contributed by atoms with Crippen molar-refractivity contribution >= 4 is 53.1 Å². The SMILES string of the molecule is CC(=O)OC[C@H]1O[C@@H](c2ccc(Cl)c(Cc3ccc(-c4cccc(C=O)c4)s3)c2)[C@H](OC(C)=O)[C@@H](OC(C)=O)[C@@H]1OC(C)=O. The molecule has 232 valence electrons. The van der Waals surface area contributed by atoms with Crippen LogP contribution >= 0.6 is 22.9 Å². The Hall–Kier alpha value is -4.06. The van der Waals surface area contributed by atoms with E-state index in [9.17, 15) is 24.0 Å². The van der Waals surface area contributed by atoms with Gasteiger partial charge in [0.05, 0.1) is 0 Å². The minimum absolute atomic E-state index is 0.321. The summed E-state index contributed by atoms with van der Waals surface area (Å²) in [6.45, 7) is 4.43. The molecule has 2 heterocycles. The van der Waals surface area contributed by atoms with Crippen molar-refractivity contribution in [2.45, 2.75) is 64.6 Å². The van der Waals surface area contributed by atoms with Crippen molar-refractivity contribution in [3.63, 3.8) is 0 Å². The van der Waals surface area contributed by atoms with Crippen LogP contribution in [0.15, 0.2) is 54.6 Å². The molecule has 1 aliphatic heterocycles. The highest BCUT2D eigenvalue weighted by molar-refractivity contribution is 7.15. The van der Waals surface area contributed by atoms with Gasteiger partial charge >= 0.3 is 23.9 Å². The van der Waals surface area contributed by atoms with Gasteiger partial charge in [0.15, 0.2) is 18.3 Å². The number of halogens is 1. The van der Waals surface area contributed by atoms with Crippen molar-refractivity contribution in [1.82, 2.24) is 0 Å². The number of benzene rings is 2. The number of ether oxygens (including phenoxy) is 5. The number of rotatable bonds is 10. The lowest BCUT2D eigenvalue weighted by molar-refractivity contribution is -0.254. The Morgan fingerprint density at radius 3 is 2.18 bits per heavy atom. The smallest absolute Gasteiger partial charge is 0.303 e. The van der Waals surface area contributed by atoms with Gasteiger partial charge in [0.2, 0.25) is 0 Å². The number of hydrogen-bond donors (Lipinski definition) is 0. The lowest BCUT2D eigenvalue weighted by Gasteiger charge is -2.44. The average Bonchev–Trinajstić information content (AvgIpc) is 3.43. The van der Waals surface area contributed by atoms with E-state index in [1.165, 1.54) is 27.7 Å². The average molecular weight is 643 g/mol. The lowest BCUT2D eigenvalue weighted by Crippen LogP contribution is -2.59. The summed E-state index contributed by atoms with van der Waals surface area (Å²) in [6.07, 6.45) is -4.57. The molecular formula is C32H31ClO10S. The summed E-state index contributed by atoms with van der Waals surface area (Å²) in [7, 11) is 0. The molecule has 1 aliphatic rings. The molecule has 3 aromatic rings. The number of hydrogen-bond acceptors (Lipinski definition) is 11. The van der Waals surface area contributed by atoms with Gasteiger partial charge in [-0.2, -0.15) is 0 Å². The molecule has 0 aliphatic carbocycles. The van der Waals surface area contributed by atoms with Crippen LogP contribution in [0.1, 0.15) is 60.2 Å². The Morgan fingerprint density at radius 1 is 0.841 bits per heavy atom. The van der Waals surface area contributed by atoms with Gasteiger partial charge in [-0.15, -0.1) is 11.3 Å². The highest BCUT2D eigenvalue weighted by Crippen LogP contribution is 2.39. The van der Waals surface area contributed by atoms with E-state index in [1.807, 2.05) is 30.3 Å². The fourth-order valence-corrected chi connectivity index (χ4v) is 6.20. The minimum Gasteiger partial charge on any atom is -0.463 e. The van der Waals surface area contributed by atoms with Gasteiger partial charge in [-0.05, 0) is 41.0 Å². The Bertz CT molecular complexity index is 1550. The van der Waals surface area contributed by atoms with E-state index in [0.717, 1.165) is 27.2 Å². The first kappa shape index (κ1) is 32.8. The fraction of sp³-hybridized carbons (Fsp3) is 0.344. The quantitative estimate of drug-likeness (QED) is 0.164. The van der Waals surface area contributed by atoms with Crippen LogP contribution in [0.2, 0.25) is 5.02 Å². The van der Waals surface area contributed by atoms with Crippen molar-refractivity contribution in [2.75, 3.05) is 6.61 Å². The van der Waals surface area contributed by atoms with E-state index in [-0.39, 0.29) is 6.61 Å². The van der Waals surface area contributed by atoms with Gasteiger partial charge in [-0.3, -0.25) is 24.0 Å². The minimum atomic E-state index is -1.28. The van der Waals surface area contributed by atoms with Gasteiger partial charge in [-0.25, -0.2) is 0 Å². The Morgan fingerprint density at radius 2 is 1.52 bits per heavy atom. The maximum Gasteiger partial charge on any atom is 0.303 e. The number of thiophene rings is 1. The third kappa shape index (κ3) is 8.31. The highest BCUT2D eigenvalue weighted by Gasteiger charge is 2.52. The molecule has 1 saturated heterocycles. The van der Waals surface area contributed by atoms with E-state index < -0.39 is 54.4 Å². The molecule has 44 heavy (non-hydrogen) atoms. The second kappa shape index (κ2) is 14.6. The van der Waals surface area contributed by atoms with Crippen LogP contribution in [0.25, 0.3) is 10.4 Å². The van der Waals surface area contributed by atoms with Crippen LogP contribution in [0.4, 0.5) is 0 Å². The van der Waals surface area contributed by atoms with Crippen LogP contribution in [-0.4, -0.2) is 61.2 Å². The third-order valence-electron chi connectivity index (χ3n) is 6.72. The molecule has 1 aromatic heterocycles. The molecule has 0 saturated carbocycles. The molecule has 0 radical (unpaired) electrons. The maximum atomic E-state index is 12.2. The molecule has 0 amide bonds. The van der Waals surface area contributed by atoms with Crippen molar-refractivity contribution in [2.24, 2.45) is 0 Å². The molecule has 2 aromatic carbocycles. The van der Waals surface area contributed by atoms with Crippen molar-refractivity contribution in [3.8, 4) is 10.4 Å². The molecule has 0 spiro atoms. The first-order chi connectivity index (χ1) is 20.9. The van der Waals surface area contributed by atoms with Gasteiger partial charge in [0.25, 0.3) is 0 Å². The molecule has 0 bridgehead atoms. The van der Waals surface area contributed by atoms with Crippen molar-refractivity contribution in [1.29, 1.82) is 0 Å².